The van der Waals surface area contributed by atoms with E-state index >= 15 is 0 Å². The molecule has 0 unspecified atom stereocenters. The van der Waals surface area contributed by atoms with Crippen LogP contribution in [0, 0.1) is 11.3 Å². The predicted molar refractivity (Wildman–Crippen MR) is 104 cm³/mol. The molecule has 5 nitrogen and oxygen atoms in total. The van der Waals surface area contributed by atoms with Crippen molar-refractivity contribution in [2.45, 2.75) is 38.1 Å². The van der Waals surface area contributed by atoms with Gasteiger partial charge in [0.25, 0.3) is 5.91 Å². The monoisotopic (exact) mass is 364 g/mol. The molecule has 0 saturated heterocycles. The minimum atomic E-state index is -0.0757. The van der Waals surface area contributed by atoms with Crippen LogP contribution < -0.4 is 14.4 Å². The Hall–Kier alpha value is -3.00. The van der Waals surface area contributed by atoms with Crippen LogP contribution in [0.15, 0.2) is 48.5 Å². The lowest BCUT2D eigenvalue weighted by molar-refractivity contribution is -0.121. The summed E-state index contributed by atoms with van der Waals surface area (Å²) in [5.74, 6) is 0.840. The first-order valence-electron chi connectivity index (χ1n) is 9.31. The Morgan fingerprint density at radius 1 is 1.11 bits per heavy atom. The third kappa shape index (κ3) is 4.59. The molecule has 140 valence electrons. The van der Waals surface area contributed by atoms with Gasteiger partial charge in [0.05, 0.1) is 18.7 Å². The summed E-state index contributed by atoms with van der Waals surface area (Å²) in [7, 11) is 1.52. The number of hydrogen-bond acceptors (Lipinski definition) is 4. The average molecular weight is 364 g/mol. The largest absolute Gasteiger partial charge is 0.493 e. The summed E-state index contributed by atoms with van der Waals surface area (Å²) in [5.41, 5.74) is 1.39. The molecule has 27 heavy (non-hydrogen) atoms. The summed E-state index contributed by atoms with van der Waals surface area (Å²) in [4.78, 5) is 14.9. The van der Waals surface area contributed by atoms with Gasteiger partial charge in [-0.2, -0.15) is 5.26 Å². The molecule has 2 aromatic carbocycles. The molecule has 0 atom stereocenters. The molecule has 1 fully saturated rings. The van der Waals surface area contributed by atoms with Gasteiger partial charge in [-0.15, -0.1) is 0 Å². The van der Waals surface area contributed by atoms with Crippen LogP contribution in [0.3, 0.4) is 0 Å². The quantitative estimate of drug-likeness (QED) is 0.766. The Balaban J connectivity index is 1.76. The fraction of sp³-hybridized carbons (Fsp3) is 0.364. The second kappa shape index (κ2) is 9.09. The van der Waals surface area contributed by atoms with Gasteiger partial charge in [0.15, 0.2) is 18.1 Å². The van der Waals surface area contributed by atoms with Crippen LogP contribution in [0.2, 0.25) is 0 Å². The molecule has 1 saturated carbocycles. The lowest BCUT2D eigenvalue weighted by Gasteiger charge is -2.34. The first-order chi connectivity index (χ1) is 13.2. The molecule has 0 spiro atoms. The second-order valence-corrected chi connectivity index (χ2v) is 6.66. The van der Waals surface area contributed by atoms with Gasteiger partial charge in [0.2, 0.25) is 0 Å². The molecule has 0 aromatic heterocycles. The number of carbonyl (C=O) groups excluding carboxylic acids is 1. The van der Waals surface area contributed by atoms with Crippen molar-refractivity contribution in [3.63, 3.8) is 0 Å². The van der Waals surface area contributed by atoms with E-state index in [9.17, 15) is 4.79 Å². The number of methoxy groups -OCH3 is 1. The highest BCUT2D eigenvalue weighted by molar-refractivity contribution is 5.95. The average Bonchev–Trinajstić information content (AvgIpc) is 2.74. The van der Waals surface area contributed by atoms with Crippen LogP contribution >= 0.6 is 0 Å². The summed E-state index contributed by atoms with van der Waals surface area (Å²) in [6, 6.07) is 17.0. The number of amides is 1. The molecular formula is C22H24N2O3. The maximum Gasteiger partial charge on any atom is 0.265 e. The molecule has 5 heteroatoms. The maximum atomic E-state index is 13.0. The Labute approximate surface area is 160 Å². The maximum absolute atomic E-state index is 13.0. The van der Waals surface area contributed by atoms with E-state index in [0.29, 0.717) is 17.1 Å². The van der Waals surface area contributed by atoms with Crippen molar-refractivity contribution in [2.24, 2.45) is 0 Å². The van der Waals surface area contributed by atoms with E-state index in [1.807, 2.05) is 35.2 Å². The van der Waals surface area contributed by atoms with Crippen molar-refractivity contribution >= 4 is 11.6 Å². The molecule has 3 rings (SSSR count). The molecule has 0 heterocycles. The van der Waals surface area contributed by atoms with Crippen LogP contribution in [-0.2, 0) is 4.79 Å². The molecule has 0 aliphatic heterocycles. The Morgan fingerprint density at radius 2 is 1.85 bits per heavy atom. The van der Waals surface area contributed by atoms with E-state index in [2.05, 4.69) is 6.07 Å². The van der Waals surface area contributed by atoms with Gasteiger partial charge in [0, 0.05) is 17.8 Å². The molecule has 1 amide bonds. The summed E-state index contributed by atoms with van der Waals surface area (Å²) < 4.78 is 11.0. The van der Waals surface area contributed by atoms with Gasteiger partial charge >= 0.3 is 0 Å². The number of benzene rings is 2. The Morgan fingerprint density at radius 3 is 2.52 bits per heavy atom. The molecule has 1 aliphatic carbocycles. The van der Waals surface area contributed by atoms with E-state index in [0.717, 1.165) is 31.4 Å². The molecule has 0 radical (unpaired) electrons. The third-order valence-corrected chi connectivity index (χ3v) is 4.89. The van der Waals surface area contributed by atoms with Crippen LogP contribution in [0.4, 0.5) is 5.69 Å². The molecule has 1 aliphatic rings. The topological polar surface area (TPSA) is 62.6 Å². The highest BCUT2D eigenvalue weighted by Gasteiger charge is 2.27. The van der Waals surface area contributed by atoms with E-state index in [1.54, 1.807) is 18.2 Å². The van der Waals surface area contributed by atoms with Crippen molar-refractivity contribution in [3.05, 3.63) is 54.1 Å². The number of nitriles is 1. The van der Waals surface area contributed by atoms with Crippen LogP contribution in [0.1, 0.15) is 37.7 Å². The van der Waals surface area contributed by atoms with Crippen LogP contribution in [0.25, 0.3) is 0 Å². The summed E-state index contributed by atoms with van der Waals surface area (Å²) in [6.07, 6.45) is 5.55. The zero-order chi connectivity index (χ0) is 19.1. The van der Waals surface area contributed by atoms with E-state index in [1.165, 1.54) is 13.5 Å². The SMILES string of the molecule is COc1cc(C#N)ccc1OCC(=O)N(c1ccccc1)C1CCCCC1. The van der Waals surface area contributed by atoms with Crippen molar-refractivity contribution in [1.82, 2.24) is 0 Å². The molecule has 0 bridgehead atoms. The standard InChI is InChI=1S/C22H24N2O3/c1-26-21-14-17(15-23)12-13-20(21)27-16-22(25)24(18-8-4-2-5-9-18)19-10-6-3-7-11-19/h2,4-5,8-9,12-14,19H,3,6-7,10-11,16H2,1H3. The summed E-state index contributed by atoms with van der Waals surface area (Å²) in [6.45, 7) is -0.0757. The molecular weight excluding hydrogens is 340 g/mol. The number of ether oxygens (including phenoxy) is 2. The van der Waals surface area contributed by atoms with Crippen LogP contribution in [0.5, 0.6) is 11.5 Å². The van der Waals surface area contributed by atoms with Crippen LogP contribution in [-0.4, -0.2) is 25.7 Å². The normalized spacial score (nSPS) is 14.2. The highest BCUT2D eigenvalue weighted by atomic mass is 16.5. The zero-order valence-corrected chi connectivity index (χ0v) is 15.6. The minimum absolute atomic E-state index is 0.0699. The fourth-order valence-corrected chi connectivity index (χ4v) is 3.55. The van der Waals surface area contributed by atoms with Gasteiger partial charge < -0.3 is 14.4 Å². The first kappa shape index (κ1) is 18.8. The van der Waals surface area contributed by atoms with Gasteiger partial charge in [0.1, 0.15) is 0 Å². The molecule has 0 N–H and O–H groups in total. The third-order valence-electron chi connectivity index (χ3n) is 4.89. The summed E-state index contributed by atoms with van der Waals surface area (Å²) >= 11 is 0. The lowest BCUT2D eigenvalue weighted by Crippen LogP contribution is -2.44. The Bertz CT molecular complexity index is 808. The van der Waals surface area contributed by atoms with E-state index in [-0.39, 0.29) is 18.6 Å². The summed E-state index contributed by atoms with van der Waals surface area (Å²) in [5, 5.41) is 9.00. The Kier molecular flexibility index (Phi) is 6.32. The van der Waals surface area contributed by atoms with Crippen molar-refractivity contribution in [3.8, 4) is 17.6 Å². The lowest BCUT2D eigenvalue weighted by atomic mass is 9.93. The number of para-hydroxylation sites is 1. The van der Waals surface area contributed by atoms with Gasteiger partial charge in [-0.05, 0) is 37.1 Å². The van der Waals surface area contributed by atoms with Gasteiger partial charge in [-0.1, -0.05) is 37.5 Å². The fourth-order valence-electron chi connectivity index (χ4n) is 3.55. The number of hydrogen-bond donors (Lipinski definition) is 0. The van der Waals surface area contributed by atoms with Gasteiger partial charge in [-0.25, -0.2) is 0 Å². The minimum Gasteiger partial charge on any atom is -0.493 e. The van der Waals surface area contributed by atoms with Crippen molar-refractivity contribution < 1.29 is 14.3 Å². The zero-order valence-electron chi connectivity index (χ0n) is 15.6. The molecule has 2 aromatic rings. The predicted octanol–water partition coefficient (Wildman–Crippen LogP) is 4.31. The highest BCUT2D eigenvalue weighted by Crippen LogP contribution is 2.30. The number of nitrogens with zero attached hydrogens (tertiary/aromatic N) is 2. The second-order valence-electron chi connectivity index (χ2n) is 6.66. The van der Waals surface area contributed by atoms with E-state index < -0.39 is 0 Å². The van der Waals surface area contributed by atoms with Crippen molar-refractivity contribution in [2.75, 3.05) is 18.6 Å². The number of anilines is 1. The van der Waals surface area contributed by atoms with Gasteiger partial charge in [-0.3, -0.25) is 4.79 Å². The first-order valence-corrected chi connectivity index (χ1v) is 9.31. The number of rotatable bonds is 6. The number of carbonyl (C=O) groups is 1. The van der Waals surface area contributed by atoms with Crippen molar-refractivity contribution in [1.29, 1.82) is 5.26 Å². The van der Waals surface area contributed by atoms with E-state index in [4.69, 9.17) is 14.7 Å². The smallest absolute Gasteiger partial charge is 0.265 e.